The summed E-state index contributed by atoms with van der Waals surface area (Å²) in [6.45, 7) is 5.25. The minimum atomic E-state index is -0.403. The molecular formula is C11H15ClFNO. The highest BCUT2D eigenvalue weighted by Crippen LogP contribution is 2.19. The van der Waals surface area contributed by atoms with Gasteiger partial charge in [-0.05, 0) is 32.0 Å². The Labute approximate surface area is 94.4 Å². The lowest BCUT2D eigenvalue weighted by molar-refractivity contribution is 0.141. The average molecular weight is 232 g/mol. The van der Waals surface area contributed by atoms with Crippen molar-refractivity contribution in [3.05, 3.63) is 29.0 Å². The number of benzene rings is 1. The lowest BCUT2D eigenvalue weighted by Crippen LogP contribution is -2.21. The Kier molecular flexibility index (Phi) is 4.85. The van der Waals surface area contributed by atoms with Crippen molar-refractivity contribution in [2.45, 2.75) is 19.9 Å². The summed E-state index contributed by atoms with van der Waals surface area (Å²) < 4.78 is 18.1. The van der Waals surface area contributed by atoms with Gasteiger partial charge in [0.2, 0.25) is 0 Å². The Morgan fingerprint density at radius 2 is 2.27 bits per heavy atom. The molecule has 1 aromatic carbocycles. The van der Waals surface area contributed by atoms with Crippen LogP contribution in [0.5, 0.6) is 0 Å². The highest BCUT2D eigenvalue weighted by atomic mass is 35.5. The van der Waals surface area contributed by atoms with Gasteiger partial charge in [0.25, 0.3) is 0 Å². The Morgan fingerprint density at radius 1 is 1.53 bits per heavy atom. The summed E-state index contributed by atoms with van der Waals surface area (Å²) in [7, 11) is 0. The molecule has 2 nitrogen and oxygen atoms in total. The van der Waals surface area contributed by atoms with E-state index in [4.69, 9.17) is 16.3 Å². The first kappa shape index (κ1) is 12.3. The number of hydrogen-bond acceptors (Lipinski definition) is 2. The van der Waals surface area contributed by atoms with Crippen molar-refractivity contribution < 1.29 is 9.13 Å². The van der Waals surface area contributed by atoms with E-state index in [-0.39, 0.29) is 11.1 Å². The summed E-state index contributed by atoms with van der Waals surface area (Å²) in [6, 6.07) is 4.74. The molecule has 0 heterocycles. The SMILES string of the molecule is CCOCC(C)Nc1ccc(F)c(Cl)c1. The Balaban J connectivity index is 2.53. The van der Waals surface area contributed by atoms with Crippen LogP contribution < -0.4 is 5.32 Å². The van der Waals surface area contributed by atoms with Gasteiger partial charge < -0.3 is 10.1 Å². The summed E-state index contributed by atoms with van der Waals surface area (Å²) in [4.78, 5) is 0. The van der Waals surface area contributed by atoms with Gasteiger partial charge in [0.1, 0.15) is 5.82 Å². The summed E-state index contributed by atoms with van der Waals surface area (Å²) in [5.41, 5.74) is 0.800. The maximum absolute atomic E-state index is 12.9. The molecule has 0 aromatic heterocycles. The van der Waals surface area contributed by atoms with Crippen LogP contribution in [0.3, 0.4) is 0 Å². The van der Waals surface area contributed by atoms with Crippen LogP contribution in [0.15, 0.2) is 18.2 Å². The topological polar surface area (TPSA) is 21.3 Å². The molecule has 0 radical (unpaired) electrons. The van der Waals surface area contributed by atoms with Crippen molar-refractivity contribution in [3.63, 3.8) is 0 Å². The van der Waals surface area contributed by atoms with E-state index >= 15 is 0 Å². The Hall–Kier alpha value is -0.800. The Bertz CT molecular complexity index is 319. The fraction of sp³-hybridized carbons (Fsp3) is 0.455. The van der Waals surface area contributed by atoms with Gasteiger partial charge in [-0.2, -0.15) is 0 Å². The molecule has 0 aliphatic rings. The molecule has 0 amide bonds. The molecule has 15 heavy (non-hydrogen) atoms. The lowest BCUT2D eigenvalue weighted by atomic mass is 10.2. The first-order valence-corrected chi connectivity index (χ1v) is 5.30. The molecule has 1 unspecified atom stereocenters. The van der Waals surface area contributed by atoms with Crippen molar-refractivity contribution in [1.82, 2.24) is 0 Å². The van der Waals surface area contributed by atoms with Crippen molar-refractivity contribution >= 4 is 17.3 Å². The van der Waals surface area contributed by atoms with Gasteiger partial charge in [-0.15, -0.1) is 0 Å². The molecule has 0 bridgehead atoms. The third-order valence-corrected chi connectivity index (χ3v) is 2.19. The van der Waals surface area contributed by atoms with Gasteiger partial charge in [0.05, 0.1) is 11.6 Å². The van der Waals surface area contributed by atoms with Crippen LogP contribution >= 0.6 is 11.6 Å². The first-order valence-electron chi connectivity index (χ1n) is 4.92. The number of nitrogens with one attached hydrogen (secondary N) is 1. The molecular weight excluding hydrogens is 217 g/mol. The smallest absolute Gasteiger partial charge is 0.141 e. The molecule has 0 spiro atoms. The summed E-state index contributed by atoms with van der Waals surface area (Å²) >= 11 is 5.66. The molecule has 4 heteroatoms. The zero-order chi connectivity index (χ0) is 11.3. The molecule has 0 saturated heterocycles. The quantitative estimate of drug-likeness (QED) is 0.840. The number of hydrogen-bond donors (Lipinski definition) is 1. The zero-order valence-electron chi connectivity index (χ0n) is 8.89. The molecule has 0 saturated carbocycles. The monoisotopic (exact) mass is 231 g/mol. The van der Waals surface area contributed by atoms with Crippen LogP contribution in [0, 0.1) is 5.82 Å². The fourth-order valence-electron chi connectivity index (χ4n) is 1.21. The normalized spacial score (nSPS) is 12.5. The van der Waals surface area contributed by atoms with E-state index < -0.39 is 5.82 Å². The van der Waals surface area contributed by atoms with Crippen LogP contribution in [-0.4, -0.2) is 19.3 Å². The third kappa shape index (κ3) is 4.06. The van der Waals surface area contributed by atoms with Gasteiger partial charge in [0, 0.05) is 18.3 Å². The van der Waals surface area contributed by atoms with E-state index in [2.05, 4.69) is 5.32 Å². The summed E-state index contributed by atoms with van der Waals surface area (Å²) in [5, 5.41) is 3.30. The van der Waals surface area contributed by atoms with E-state index in [1.807, 2.05) is 13.8 Å². The standard InChI is InChI=1S/C11H15ClFNO/c1-3-15-7-8(2)14-9-4-5-11(13)10(12)6-9/h4-6,8,14H,3,7H2,1-2H3. The van der Waals surface area contributed by atoms with Gasteiger partial charge >= 0.3 is 0 Å². The van der Waals surface area contributed by atoms with Crippen molar-refractivity contribution in [2.75, 3.05) is 18.5 Å². The van der Waals surface area contributed by atoms with Gasteiger partial charge in [-0.25, -0.2) is 4.39 Å². The number of rotatable bonds is 5. The third-order valence-electron chi connectivity index (χ3n) is 1.90. The fourth-order valence-corrected chi connectivity index (χ4v) is 1.39. The van der Waals surface area contributed by atoms with Crippen LogP contribution in [0.2, 0.25) is 5.02 Å². The predicted octanol–water partition coefficient (Wildman–Crippen LogP) is 3.32. The van der Waals surface area contributed by atoms with Gasteiger partial charge in [-0.3, -0.25) is 0 Å². The van der Waals surface area contributed by atoms with Crippen molar-refractivity contribution in [2.24, 2.45) is 0 Å². The molecule has 0 aliphatic carbocycles. The molecule has 0 aliphatic heterocycles. The molecule has 84 valence electrons. The highest BCUT2D eigenvalue weighted by Gasteiger charge is 2.04. The summed E-state index contributed by atoms with van der Waals surface area (Å²) in [6.07, 6.45) is 0. The number of halogens is 2. The minimum absolute atomic E-state index is 0.128. The van der Waals surface area contributed by atoms with Crippen LogP contribution in [0.4, 0.5) is 10.1 Å². The second-order valence-electron chi connectivity index (χ2n) is 3.33. The zero-order valence-corrected chi connectivity index (χ0v) is 9.64. The number of anilines is 1. The van der Waals surface area contributed by atoms with Gasteiger partial charge in [-0.1, -0.05) is 11.6 Å². The average Bonchev–Trinajstić information content (AvgIpc) is 2.20. The molecule has 1 aromatic rings. The highest BCUT2D eigenvalue weighted by molar-refractivity contribution is 6.31. The van der Waals surface area contributed by atoms with E-state index in [1.54, 1.807) is 12.1 Å². The lowest BCUT2D eigenvalue weighted by Gasteiger charge is -2.15. The molecule has 1 atom stereocenters. The van der Waals surface area contributed by atoms with Crippen LogP contribution in [0.1, 0.15) is 13.8 Å². The molecule has 1 rings (SSSR count). The van der Waals surface area contributed by atoms with Gasteiger partial charge in [0.15, 0.2) is 0 Å². The second-order valence-corrected chi connectivity index (χ2v) is 3.74. The van der Waals surface area contributed by atoms with Crippen molar-refractivity contribution in [1.29, 1.82) is 0 Å². The van der Waals surface area contributed by atoms with Crippen LogP contribution in [-0.2, 0) is 4.74 Å². The largest absolute Gasteiger partial charge is 0.380 e. The van der Waals surface area contributed by atoms with E-state index in [9.17, 15) is 4.39 Å². The van der Waals surface area contributed by atoms with E-state index in [0.717, 1.165) is 5.69 Å². The van der Waals surface area contributed by atoms with Crippen molar-refractivity contribution in [3.8, 4) is 0 Å². The van der Waals surface area contributed by atoms with E-state index in [0.29, 0.717) is 13.2 Å². The van der Waals surface area contributed by atoms with E-state index in [1.165, 1.54) is 6.07 Å². The first-order chi connectivity index (χ1) is 7.13. The maximum Gasteiger partial charge on any atom is 0.141 e. The predicted molar refractivity (Wildman–Crippen MR) is 61.0 cm³/mol. The molecule has 1 N–H and O–H groups in total. The summed E-state index contributed by atoms with van der Waals surface area (Å²) in [5.74, 6) is -0.403. The molecule has 0 fully saturated rings. The number of ether oxygens (including phenoxy) is 1. The van der Waals surface area contributed by atoms with Crippen LogP contribution in [0.25, 0.3) is 0 Å². The minimum Gasteiger partial charge on any atom is -0.380 e. The maximum atomic E-state index is 12.9. The Morgan fingerprint density at radius 3 is 2.87 bits per heavy atom. The second kappa shape index (κ2) is 5.93.